The molecule has 1 saturated carbocycles. The number of aliphatic hydroxyl groups is 3. The van der Waals surface area contributed by atoms with Crippen LogP contribution in [-0.4, -0.2) is 50.4 Å². The molecule has 7 nitrogen and oxygen atoms in total. The lowest BCUT2D eigenvalue weighted by atomic mass is 9.73. The van der Waals surface area contributed by atoms with Crippen molar-refractivity contribution in [3.05, 3.63) is 35.2 Å². The van der Waals surface area contributed by atoms with Crippen molar-refractivity contribution in [2.75, 3.05) is 0 Å². The maximum atomic E-state index is 13.3. The van der Waals surface area contributed by atoms with E-state index in [0.29, 0.717) is 18.0 Å². The van der Waals surface area contributed by atoms with Gasteiger partial charge < -0.3 is 20.1 Å². The molecule has 1 aromatic heterocycles. The van der Waals surface area contributed by atoms with Crippen LogP contribution in [0.4, 0.5) is 0 Å². The first-order chi connectivity index (χ1) is 17.3. The van der Waals surface area contributed by atoms with Crippen molar-refractivity contribution < 1.29 is 29.6 Å². The van der Waals surface area contributed by atoms with Gasteiger partial charge in [0.1, 0.15) is 11.9 Å². The van der Waals surface area contributed by atoms with Crippen molar-refractivity contribution in [1.82, 2.24) is 4.98 Å². The smallest absolute Gasteiger partial charge is 0.309 e. The van der Waals surface area contributed by atoms with Crippen molar-refractivity contribution >= 4 is 17.8 Å². The standard InChI is InChI=1S/C30H45NO6/c1-18-8-7-11-30(6)15-22(30)13-24(19(2)12-23-10-9-21(17-32)16-31-23)37-26(34)14-25(33)29(4,5)28(36)20(3)27(18)35/h9-10,12,16,18,20,22,24-25,27,32-33,35H,7-8,11,13-15,17H2,1-6H3/b19-12+/t18-,20+,22?,24-,25-,27-,30-/m0/s1. The summed E-state index contributed by atoms with van der Waals surface area (Å²) < 4.78 is 5.94. The molecule has 0 spiro atoms. The van der Waals surface area contributed by atoms with E-state index < -0.39 is 35.6 Å². The summed E-state index contributed by atoms with van der Waals surface area (Å²) in [6.07, 6.45) is 5.29. The highest BCUT2D eigenvalue weighted by atomic mass is 16.5. The van der Waals surface area contributed by atoms with Crippen LogP contribution in [0.15, 0.2) is 23.9 Å². The molecule has 1 saturated heterocycles. The summed E-state index contributed by atoms with van der Waals surface area (Å²) in [5.41, 5.74) is 1.26. The minimum atomic E-state index is -1.23. The summed E-state index contributed by atoms with van der Waals surface area (Å²) in [5, 5.41) is 31.1. The maximum Gasteiger partial charge on any atom is 0.309 e. The number of pyridine rings is 1. The second kappa shape index (κ2) is 11.7. The Labute approximate surface area is 221 Å². The first-order valence-corrected chi connectivity index (χ1v) is 13.6. The molecule has 1 aliphatic heterocycles. The van der Waals surface area contributed by atoms with Gasteiger partial charge in [-0.15, -0.1) is 0 Å². The summed E-state index contributed by atoms with van der Waals surface area (Å²) in [7, 11) is 0. The molecule has 1 aliphatic carbocycles. The number of esters is 1. The minimum Gasteiger partial charge on any atom is -0.458 e. The Hall–Kier alpha value is -2.09. The van der Waals surface area contributed by atoms with Crippen molar-refractivity contribution in [2.45, 2.75) is 105 Å². The van der Waals surface area contributed by atoms with Crippen LogP contribution < -0.4 is 0 Å². The highest BCUT2D eigenvalue weighted by molar-refractivity contribution is 5.88. The van der Waals surface area contributed by atoms with Gasteiger partial charge >= 0.3 is 5.97 Å². The van der Waals surface area contributed by atoms with Gasteiger partial charge in [0.15, 0.2) is 0 Å². The molecule has 0 amide bonds. The zero-order chi connectivity index (χ0) is 27.5. The summed E-state index contributed by atoms with van der Waals surface area (Å²) in [6.45, 7) is 11.1. The monoisotopic (exact) mass is 515 g/mol. The average molecular weight is 516 g/mol. The van der Waals surface area contributed by atoms with Gasteiger partial charge in [0.25, 0.3) is 0 Å². The molecule has 206 valence electrons. The molecule has 0 radical (unpaired) electrons. The van der Waals surface area contributed by atoms with Crippen molar-refractivity contribution in [1.29, 1.82) is 0 Å². The number of ether oxygens (including phenoxy) is 1. The quantitative estimate of drug-likeness (QED) is 0.509. The van der Waals surface area contributed by atoms with Crippen molar-refractivity contribution in [3.8, 4) is 0 Å². The molecule has 2 aliphatic rings. The number of Topliss-reactive ketones (excluding diaryl/α,β-unsaturated/α-hetero) is 1. The van der Waals surface area contributed by atoms with Crippen LogP contribution in [0.1, 0.15) is 91.3 Å². The van der Waals surface area contributed by atoms with Gasteiger partial charge in [-0.2, -0.15) is 0 Å². The Morgan fingerprint density at radius 2 is 1.89 bits per heavy atom. The predicted molar refractivity (Wildman–Crippen MR) is 142 cm³/mol. The highest BCUT2D eigenvalue weighted by Gasteiger charge is 2.50. The Morgan fingerprint density at radius 3 is 2.51 bits per heavy atom. The van der Waals surface area contributed by atoms with Gasteiger partial charge in [-0.3, -0.25) is 14.6 Å². The maximum absolute atomic E-state index is 13.3. The van der Waals surface area contributed by atoms with E-state index in [2.05, 4.69) is 11.9 Å². The third-order valence-electron chi connectivity index (χ3n) is 8.97. The van der Waals surface area contributed by atoms with Crippen molar-refractivity contribution in [2.24, 2.45) is 28.6 Å². The lowest BCUT2D eigenvalue weighted by Crippen LogP contribution is -2.45. The number of fused-ring (bicyclic) bond motifs is 1. The lowest BCUT2D eigenvalue weighted by molar-refractivity contribution is -0.154. The van der Waals surface area contributed by atoms with Crippen LogP contribution in [-0.2, 0) is 20.9 Å². The van der Waals surface area contributed by atoms with E-state index in [-0.39, 0.29) is 30.1 Å². The molecule has 7 atom stereocenters. The molecule has 2 heterocycles. The van der Waals surface area contributed by atoms with Crippen LogP contribution in [0.3, 0.4) is 0 Å². The average Bonchev–Trinajstić information content (AvgIpc) is 3.50. The minimum absolute atomic E-state index is 0.0341. The largest absolute Gasteiger partial charge is 0.458 e. The molecular weight excluding hydrogens is 470 g/mol. The number of hydrogen-bond donors (Lipinski definition) is 3. The second-order valence-corrected chi connectivity index (χ2v) is 12.4. The Balaban J connectivity index is 1.86. The normalized spacial score (nSPS) is 36.0. The van der Waals surface area contributed by atoms with Gasteiger partial charge in [0, 0.05) is 12.1 Å². The summed E-state index contributed by atoms with van der Waals surface area (Å²) in [6, 6.07) is 3.63. The first-order valence-electron chi connectivity index (χ1n) is 13.6. The number of cyclic esters (lactones) is 1. The van der Waals surface area contributed by atoms with E-state index >= 15 is 0 Å². The molecule has 1 aromatic rings. The molecule has 37 heavy (non-hydrogen) atoms. The molecule has 2 fully saturated rings. The summed E-state index contributed by atoms with van der Waals surface area (Å²) in [5.74, 6) is -1.07. The van der Waals surface area contributed by atoms with Crippen LogP contribution in [0.5, 0.6) is 0 Å². The van der Waals surface area contributed by atoms with Gasteiger partial charge in [0.05, 0.1) is 36.3 Å². The van der Waals surface area contributed by atoms with E-state index in [1.807, 2.05) is 32.1 Å². The van der Waals surface area contributed by atoms with Gasteiger partial charge in [-0.05, 0) is 73.1 Å². The fourth-order valence-electron chi connectivity index (χ4n) is 5.72. The molecule has 7 heteroatoms. The third kappa shape index (κ3) is 7.06. The number of aliphatic hydroxyl groups excluding tert-OH is 3. The van der Waals surface area contributed by atoms with Crippen molar-refractivity contribution in [3.63, 3.8) is 0 Å². The molecule has 3 N–H and O–H groups in total. The number of carbonyl (C=O) groups is 2. The molecule has 1 unspecified atom stereocenters. The van der Waals surface area contributed by atoms with E-state index in [4.69, 9.17) is 4.74 Å². The zero-order valence-electron chi connectivity index (χ0n) is 23.2. The SMILES string of the molecule is C/C(=C\c1ccc(CO)cn1)[C@@H]1CC2C[C@]2(C)CCC[C@H](C)[C@H](O)[C@@H](C)C(=O)C(C)(C)[C@@H](O)CC(=O)O1. The second-order valence-electron chi connectivity index (χ2n) is 12.4. The zero-order valence-corrected chi connectivity index (χ0v) is 23.2. The van der Waals surface area contributed by atoms with E-state index in [0.717, 1.165) is 36.8 Å². The number of aromatic nitrogens is 1. The third-order valence-corrected chi connectivity index (χ3v) is 8.97. The lowest BCUT2D eigenvalue weighted by Gasteiger charge is -2.34. The Bertz CT molecular complexity index is 986. The van der Waals surface area contributed by atoms with Crippen LogP contribution in [0.2, 0.25) is 0 Å². The molecule has 0 bridgehead atoms. The molecular formula is C30H45NO6. The summed E-state index contributed by atoms with van der Waals surface area (Å²) in [4.78, 5) is 30.7. The number of hydrogen-bond acceptors (Lipinski definition) is 7. The predicted octanol–water partition coefficient (Wildman–Crippen LogP) is 4.47. The first kappa shape index (κ1) is 29.5. The number of nitrogens with zero attached hydrogens (tertiary/aromatic N) is 1. The number of rotatable bonds is 3. The Morgan fingerprint density at radius 1 is 1.19 bits per heavy atom. The number of carbonyl (C=O) groups excluding carboxylic acids is 2. The van der Waals surface area contributed by atoms with Gasteiger partial charge in [-0.25, -0.2) is 0 Å². The molecule has 3 rings (SSSR count). The fourth-order valence-corrected chi connectivity index (χ4v) is 5.72. The van der Waals surface area contributed by atoms with Crippen LogP contribution >= 0.6 is 0 Å². The van der Waals surface area contributed by atoms with Gasteiger partial charge in [-0.1, -0.05) is 47.1 Å². The van der Waals surface area contributed by atoms with E-state index in [1.165, 1.54) is 0 Å². The van der Waals surface area contributed by atoms with E-state index in [1.54, 1.807) is 27.0 Å². The fraction of sp³-hybridized carbons (Fsp3) is 0.700. The summed E-state index contributed by atoms with van der Waals surface area (Å²) >= 11 is 0. The highest BCUT2D eigenvalue weighted by Crippen LogP contribution is 2.58. The Kier molecular flexibility index (Phi) is 9.36. The van der Waals surface area contributed by atoms with Gasteiger partial charge in [0.2, 0.25) is 0 Å². The van der Waals surface area contributed by atoms with Crippen LogP contribution in [0.25, 0.3) is 6.08 Å². The topological polar surface area (TPSA) is 117 Å². The van der Waals surface area contributed by atoms with Crippen LogP contribution in [0, 0.1) is 28.6 Å². The van der Waals surface area contributed by atoms with E-state index in [9.17, 15) is 24.9 Å². The molecule has 0 aromatic carbocycles. The number of ketones is 1.